The van der Waals surface area contributed by atoms with Crippen molar-refractivity contribution in [3.05, 3.63) is 89.5 Å². The summed E-state index contributed by atoms with van der Waals surface area (Å²) < 4.78 is 5.47. The smallest absolute Gasteiger partial charge is 0.407 e. The van der Waals surface area contributed by atoms with E-state index in [4.69, 9.17) is 4.74 Å². The molecule has 0 radical (unpaired) electrons. The van der Waals surface area contributed by atoms with Crippen molar-refractivity contribution in [2.24, 2.45) is 0 Å². The van der Waals surface area contributed by atoms with Gasteiger partial charge in [0, 0.05) is 17.4 Å². The second-order valence-electron chi connectivity index (χ2n) is 7.50. The summed E-state index contributed by atoms with van der Waals surface area (Å²) >= 11 is 1.56. The van der Waals surface area contributed by atoms with E-state index in [2.05, 4.69) is 29.6 Å². The highest BCUT2D eigenvalue weighted by molar-refractivity contribution is 7.98. The topological polar surface area (TPSA) is 78.8 Å². The molecule has 0 saturated heterocycles. The lowest BCUT2D eigenvalue weighted by Crippen LogP contribution is -2.36. The van der Waals surface area contributed by atoms with E-state index in [9.17, 15) is 15.0 Å². The molecule has 2 atom stereocenters. The van der Waals surface area contributed by atoms with Gasteiger partial charge in [-0.3, -0.25) is 0 Å². The number of carbonyl (C=O) groups excluding carboxylic acids is 1. The first-order valence-electron chi connectivity index (χ1n) is 10.2. The molecule has 0 spiro atoms. The van der Waals surface area contributed by atoms with Gasteiger partial charge in [-0.05, 0) is 46.2 Å². The molecule has 1 aliphatic carbocycles. The van der Waals surface area contributed by atoms with Crippen LogP contribution in [0.15, 0.2) is 77.7 Å². The second-order valence-corrected chi connectivity index (χ2v) is 8.37. The fourth-order valence-corrected chi connectivity index (χ4v) is 4.47. The molecule has 5 nitrogen and oxygen atoms in total. The molecule has 0 aliphatic heterocycles. The largest absolute Gasteiger partial charge is 0.449 e. The third kappa shape index (κ3) is 4.61. The van der Waals surface area contributed by atoms with Crippen LogP contribution in [0.5, 0.6) is 0 Å². The van der Waals surface area contributed by atoms with E-state index in [1.54, 1.807) is 17.8 Å². The maximum atomic E-state index is 12.3. The van der Waals surface area contributed by atoms with E-state index < -0.39 is 18.3 Å². The zero-order valence-corrected chi connectivity index (χ0v) is 18.0. The second kappa shape index (κ2) is 9.56. The first-order valence-corrected chi connectivity index (χ1v) is 11.4. The van der Waals surface area contributed by atoms with Gasteiger partial charge in [-0.25, -0.2) is 4.79 Å². The minimum absolute atomic E-state index is 0.0250. The molecule has 2 unspecified atom stereocenters. The van der Waals surface area contributed by atoms with E-state index in [0.29, 0.717) is 5.56 Å². The molecule has 160 valence electrons. The zero-order chi connectivity index (χ0) is 21.8. The number of thioether (sulfide) groups is 1. The number of aliphatic hydroxyl groups is 2. The van der Waals surface area contributed by atoms with Crippen LogP contribution in [0.2, 0.25) is 0 Å². The van der Waals surface area contributed by atoms with Gasteiger partial charge in [-0.15, -0.1) is 11.8 Å². The van der Waals surface area contributed by atoms with Gasteiger partial charge in [0.25, 0.3) is 0 Å². The van der Waals surface area contributed by atoms with Gasteiger partial charge in [0.2, 0.25) is 0 Å². The summed E-state index contributed by atoms with van der Waals surface area (Å²) in [7, 11) is 0. The Kier molecular flexibility index (Phi) is 6.61. The summed E-state index contributed by atoms with van der Waals surface area (Å²) in [6, 6.07) is 23.6. The molecule has 4 rings (SSSR count). The summed E-state index contributed by atoms with van der Waals surface area (Å²) in [5.74, 6) is -0.0250. The van der Waals surface area contributed by atoms with Gasteiger partial charge in [0.1, 0.15) is 18.8 Å². The van der Waals surface area contributed by atoms with Crippen molar-refractivity contribution in [2.75, 3.05) is 19.4 Å². The monoisotopic (exact) mass is 435 g/mol. The molecule has 3 N–H and O–H groups in total. The molecule has 0 fully saturated rings. The van der Waals surface area contributed by atoms with E-state index >= 15 is 0 Å². The molecular weight excluding hydrogens is 410 g/mol. The Balaban J connectivity index is 1.33. The number of aliphatic hydroxyl groups excluding tert-OH is 2. The van der Waals surface area contributed by atoms with Crippen molar-refractivity contribution >= 4 is 17.9 Å². The number of nitrogens with one attached hydrogen (secondary N) is 1. The molecule has 0 heterocycles. The molecule has 31 heavy (non-hydrogen) atoms. The van der Waals surface area contributed by atoms with Gasteiger partial charge >= 0.3 is 6.09 Å². The molecule has 3 aromatic carbocycles. The Morgan fingerprint density at radius 2 is 1.65 bits per heavy atom. The summed E-state index contributed by atoms with van der Waals surface area (Å²) in [4.78, 5) is 13.3. The quantitative estimate of drug-likeness (QED) is 0.481. The van der Waals surface area contributed by atoms with E-state index in [0.717, 1.165) is 27.1 Å². The van der Waals surface area contributed by atoms with Crippen LogP contribution < -0.4 is 5.32 Å². The number of rotatable bonds is 7. The van der Waals surface area contributed by atoms with Crippen LogP contribution in [0.1, 0.15) is 28.7 Å². The number of benzene rings is 3. The van der Waals surface area contributed by atoms with Crippen molar-refractivity contribution in [3.63, 3.8) is 0 Å². The standard InChI is InChI=1S/C25H25NO4S/c1-31-17-8-6-7-16(13-17)24(28)23(27)14-26-25(29)30-15-22-20-11-4-2-9-18(20)19-10-3-5-12-21(19)22/h2-13,22-24,27-28H,14-15H2,1H3,(H,26,29). The van der Waals surface area contributed by atoms with Crippen LogP contribution >= 0.6 is 11.8 Å². The normalized spacial score (nSPS) is 14.4. The van der Waals surface area contributed by atoms with E-state index in [1.165, 1.54) is 0 Å². The number of carbonyl (C=O) groups is 1. The fraction of sp³-hybridized carbons (Fsp3) is 0.240. The van der Waals surface area contributed by atoms with Crippen LogP contribution in [-0.4, -0.2) is 41.8 Å². The number of fused-ring (bicyclic) bond motifs is 3. The Labute approximate surface area is 186 Å². The SMILES string of the molecule is CSc1cccc(C(O)C(O)CNC(=O)OCC2c3ccccc3-c3ccccc32)c1. The molecule has 0 saturated carbocycles. The van der Waals surface area contributed by atoms with E-state index in [-0.39, 0.29) is 19.1 Å². The lowest BCUT2D eigenvalue weighted by molar-refractivity contribution is 0.0184. The maximum Gasteiger partial charge on any atom is 0.407 e. The van der Waals surface area contributed by atoms with Gasteiger partial charge < -0.3 is 20.3 Å². The first kappa shape index (κ1) is 21.4. The zero-order valence-electron chi connectivity index (χ0n) is 17.2. The van der Waals surface area contributed by atoms with Crippen LogP contribution in [-0.2, 0) is 4.74 Å². The number of hydrogen-bond acceptors (Lipinski definition) is 5. The van der Waals surface area contributed by atoms with Crippen molar-refractivity contribution in [3.8, 4) is 11.1 Å². The lowest BCUT2D eigenvalue weighted by atomic mass is 9.98. The molecule has 1 aliphatic rings. The van der Waals surface area contributed by atoms with Crippen LogP contribution in [0.4, 0.5) is 4.79 Å². The molecular formula is C25H25NO4S. The highest BCUT2D eigenvalue weighted by atomic mass is 32.2. The van der Waals surface area contributed by atoms with Crippen molar-refractivity contribution < 1.29 is 19.7 Å². The average molecular weight is 436 g/mol. The third-order valence-corrected chi connectivity index (χ3v) is 6.32. The summed E-state index contributed by atoms with van der Waals surface area (Å²) in [6.07, 6.45) is -0.912. The van der Waals surface area contributed by atoms with Gasteiger partial charge in [-0.1, -0.05) is 60.7 Å². The summed E-state index contributed by atoms with van der Waals surface area (Å²) in [5.41, 5.74) is 5.21. The molecule has 3 aromatic rings. The molecule has 6 heteroatoms. The Bertz CT molecular complexity index is 1030. The van der Waals surface area contributed by atoms with Crippen LogP contribution in [0.25, 0.3) is 11.1 Å². The number of amides is 1. The highest BCUT2D eigenvalue weighted by Gasteiger charge is 2.29. The van der Waals surface area contributed by atoms with Gasteiger partial charge in [-0.2, -0.15) is 0 Å². The predicted octanol–water partition coefficient (Wildman–Crippen LogP) is 4.34. The van der Waals surface area contributed by atoms with E-state index in [1.807, 2.05) is 48.7 Å². The summed E-state index contributed by atoms with van der Waals surface area (Å²) in [5, 5.41) is 23.2. The minimum Gasteiger partial charge on any atom is -0.449 e. The molecule has 1 amide bonds. The third-order valence-electron chi connectivity index (χ3n) is 5.60. The Hall–Kier alpha value is -2.80. The molecule has 0 bridgehead atoms. The van der Waals surface area contributed by atoms with Gasteiger partial charge in [0.15, 0.2) is 0 Å². The molecule has 0 aromatic heterocycles. The van der Waals surface area contributed by atoms with Crippen LogP contribution in [0, 0.1) is 0 Å². The van der Waals surface area contributed by atoms with Crippen molar-refractivity contribution in [1.82, 2.24) is 5.32 Å². The Morgan fingerprint density at radius 3 is 2.29 bits per heavy atom. The highest BCUT2D eigenvalue weighted by Crippen LogP contribution is 2.44. The average Bonchev–Trinajstić information content (AvgIpc) is 3.14. The fourth-order valence-electron chi connectivity index (χ4n) is 4.00. The summed E-state index contributed by atoms with van der Waals surface area (Å²) in [6.45, 7) is 0.0929. The maximum absolute atomic E-state index is 12.3. The number of hydrogen-bond donors (Lipinski definition) is 3. The minimum atomic E-state index is -1.14. The lowest BCUT2D eigenvalue weighted by Gasteiger charge is -2.20. The predicted molar refractivity (Wildman–Crippen MR) is 122 cm³/mol. The van der Waals surface area contributed by atoms with Gasteiger partial charge in [0.05, 0.1) is 0 Å². The Morgan fingerprint density at radius 1 is 1.00 bits per heavy atom. The number of alkyl carbamates (subject to hydrolysis) is 1. The number of ether oxygens (including phenoxy) is 1. The van der Waals surface area contributed by atoms with Crippen molar-refractivity contribution in [1.29, 1.82) is 0 Å². The van der Waals surface area contributed by atoms with Crippen LogP contribution in [0.3, 0.4) is 0 Å². The first-order chi connectivity index (χ1) is 15.1. The van der Waals surface area contributed by atoms with Crippen molar-refractivity contribution in [2.45, 2.75) is 23.0 Å².